The van der Waals surface area contributed by atoms with Gasteiger partial charge in [0.25, 0.3) is 0 Å². The maximum atomic E-state index is 5.33. The van der Waals surface area contributed by atoms with Crippen molar-refractivity contribution < 1.29 is 0 Å². The van der Waals surface area contributed by atoms with E-state index in [9.17, 15) is 0 Å². The lowest BCUT2D eigenvalue weighted by Crippen LogP contribution is -2.08. The summed E-state index contributed by atoms with van der Waals surface area (Å²) < 4.78 is 0. The summed E-state index contributed by atoms with van der Waals surface area (Å²) in [5, 5.41) is 0. The van der Waals surface area contributed by atoms with E-state index < -0.39 is 0 Å². The van der Waals surface area contributed by atoms with Crippen molar-refractivity contribution in [2.75, 3.05) is 5.43 Å². The smallest absolute Gasteiger partial charge is 0.0517 e. The number of hydrogen-bond donors (Lipinski definition) is 2. The normalized spacial score (nSPS) is 9.73. The topological polar surface area (TPSA) is 38.0 Å². The molecule has 0 aliphatic heterocycles. The monoisotopic (exact) mass is 150 g/mol. The summed E-state index contributed by atoms with van der Waals surface area (Å²) in [6.07, 6.45) is 1.02. The molecule has 0 aliphatic rings. The summed E-state index contributed by atoms with van der Waals surface area (Å²) in [6, 6.07) is 6.21. The molecule has 0 spiro atoms. The van der Waals surface area contributed by atoms with Crippen LogP contribution in [0.25, 0.3) is 0 Å². The highest BCUT2D eigenvalue weighted by molar-refractivity contribution is 5.51. The van der Waals surface area contributed by atoms with Crippen LogP contribution in [0.3, 0.4) is 0 Å². The number of benzene rings is 1. The van der Waals surface area contributed by atoms with Crippen LogP contribution in [0, 0.1) is 6.92 Å². The highest BCUT2D eigenvalue weighted by Crippen LogP contribution is 2.16. The van der Waals surface area contributed by atoms with Gasteiger partial charge < -0.3 is 5.43 Å². The van der Waals surface area contributed by atoms with Crippen LogP contribution in [0.4, 0.5) is 5.69 Å². The minimum Gasteiger partial charge on any atom is -0.324 e. The van der Waals surface area contributed by atoms with E-state index in [4.69, 9.17) is 5.84 Å². The molecule has 0 fully saturated rings. The van der Waals surface area contributed by atoms with Gasteiger partial charge in [-0.1, -0.05) is 24.6 Å². The molecule has 2 heteroatoms. The van der Waals surface area contributed by atoms with E-state index in [0.717, 1.165) is 12.1 Å². The average molecular weight is 150 g/mol. The fourth-order valence-corrected chi connectivity index (χ4v) is 1.16. The minimum absolute atomic E-state index is 1.02. The lowest BCUT2D eigenvalue weighted by Gasteiger charge is -2.06. The van der Waals surface area contributed by atoms with Crippen molar-refractivity contribution in [2.45, 2.75) is 20.3 Å². The molecule has 0 saturated carbocycles. The molecule has 1 rings (SSSR count). The third kappa shape index (κ3) is 1.71. The molecule has 0 unspecified atom stereocenters. The van der Waals surface area contributed by atoms with Crippen molar-refractivity contribution in [1.29, 1.82) is 0 Å². The first-order chi connectivity index (χ1) is 5.27. The molecule has 1 aromatic carbocycles. The fourth-order valence-electron chi connectivity index (χ4n) is 1.16. The number of anilines is 1. The van der Waals surface area contributed by atoms with E-state index >= 15 is 0 Å². The van der Waals surface area contributed by atoms with Gasteiger partial charge in [-0.25, -0.2) is 0 Å². The quantitative estimate of drug-likeness (QED) is 0.498. The first-order valence-electron chi connectivity index (χ1n) is 3.84. The molecular weight excluding hydrogens is 136 g/mol. The van der Waals surface area contributed by atoms with Crippen molar-refractivity contribution in [2.24, 2.45) is 5.84 Å². The summed E-state index contributed by atoms with van der Waals surface area (Å²) in [7, 11) is 0. The number of rotatable bonds is 2. The molecule has 0 atom stereocenters. The molecule has 11 heavy (non-hydrogen) atoms. The van der Waals surface area contributed by atoms with Gasteiger partial charge in [-0.2, -0.15) is 0 Å². The Morgan fingerprint density at radius 3 is 2.73 bits per heavy atom. The number of nitrogen functional groups attached to an aromatic ring is 1. The molecule has 0 aromatic heterocycles. The van der Waals surface area contributed by atoms with Gasteiger partial charge in [0.15, 0.2) is 0 Å². The van der Waals surface area contributed by atoms with Gasteiger partial charge in [0.1, 0.15) is 0 Å². The predicted molar refractivity (Wildman–Crippen MR) is 48.4 cm³/mol. The molecule has 0 saturated heterocycles. The Hall–Kier alpha value is -1.02. The highest BCUT2D eigenvalue weighted by atomic mass is 15.2. The second kappa shape index (κ2) is 3.39. The van der Waals surface area contributed by atoms with Crippen molar-refractivity contribution in [3.8, 4) is 0 Å². The van der Waals surface area contributed by atoms with Gasteiger partial charge in [0, 0.05) is 0 Å². The molecular formula is C9H14N2. The fraction of sp³-hybridized carbons (Fsp3) is 0.333. The van der Waals surface area contributed by atoms with Crippen LogP contribution in [0.1, 0.15) is 18.1 Å². The Balaban J connectivity index is 3.06. The lowest BCUT2D eigenvalue weighted by molar-refractivity contribution is 1.12. The molecule has 2 nitrogen and oxygen atoms in total. The highest BCUT2D eigenvalue weighted by Gasteiger charge is 1.97. The second-order valence-corrected chi connectivity index (χ2v) is 2.66. The van der Waals surface area contributed by atoms with Crippen molar-refractivity contribution >= 4 is 5.69 Å². The van der Waals surface area contributed by atoms with Crippen LogP contribution in [0.5, 0.6) is 0 Å². The van der Waals surface area contributed by atoms with Crippen molar-refractivity contribution in [1.82, 2.24) is 0 Å². The van der Waals surface area contributed by atoms with Crippen LogP contribution in [-0.2, 0) is 6.42 Å². The molecule has 60 valence electrons. The SMILES string of the molecule is CCc1cc(C)ccc1NN. The maximum Gasteiger partial charge on any atom is 0.0517 e. The number of nitrogens with two attached hydrogens (primary N) is 1. The van der Waals surface area contributed by atoms with Crippen LogP contribution >= 0.6 is 0 Å². The second-order valence-electron chi connectivity index (χ2n) is 2.66. The van der Waals surface area contributed by atoms with Crippen LogP contribution in [0.15, 0.2) is 18.2 Å². The van der Waals surface area contributed by atoms with Gasteiger partial charge >= 0.3 is 0 Å². The molecule has 0 amide bonds. The summed E-state index contributed by atoms with van der Waals surface area (Å²) >= 11 is 0. The standard InChI is InChI=1S/C9H14N2/c1-3-8-6-7(2)4-5-9(8)11-10/h4-6,11H,3,10H2,1-2H3. The van der Waals surface area contributed by atoms with Gasteiger partial charge in [-0.15, -0.1) is 0 Å². The van der Waals surface area contributed by atoms with Crippen molar-refractivity contribution in [3.05, 3.63) is 29.3 Å². The largest absolute Gasteiger partial charge is 0.324 e. The molecule has 1 aromatic rings. The summed E-state index contributed by atoms with van der Waals surface area (Å²) in [6.45, 7) is 4.20. The van der Waals surface area contributed by atoms with Gasteiger partial charge in [-0.3, -0.25) is 5.84 Å². The Labute approximate surface area is 67.4 Å². The zero-order valence-electron chi connectivity index (χ0n) is 7.02. The number of nitrogens with one attached hydrogen (secondary N) is 1. The Morgan fingerprint density at radius 2 is 2.18 bits per heavy atom. The Bertz CT molecular complexity index is 243. The summed E-state index contributed by atoms with van der Waals surface area (Å²) in [5.41, 5.74) is 6.25. The van der Waals surface area contributed by atoms with E-state index in [2.05, 4.69) is 25.3 Å². The molecule has 0 radical (unpaired) electrons. The van der Waals surface area contributed by atoms with Gasteiger partial charge in [0.05, 0.1) is 5.69 Å². The number of hydrazine groups is 1. The van der Waals surface area contributed by atoms with Gasteiger partial charge in [-0.05, 0) is 25.0 Å². The Morgan fingerprint density at radius 1 is 1.45 bits per heavy atom. The van der Waals surface area contributed by atoms with Crippen molar-refractivity contribution in [3.63, 3.8) is 0 Å². The number of aryl methyl sites for hydroxylation is 2. The third-order valence-electron chi connectivity index (χ3n) is 1.80. The molecule has 3 N–H and O–H groups in total. The first kappa shape index (κ1) is 8.08. The number of hydrogen-bond acceptors (Lipinski definition) is 2. The van der Waals surface area contributed by atoms with Crippen LogP contribution < -0.4 is 11.3 Å². The third-order valence-corrected chi connectivity index (χ3v) is 1.80. The minimum atomic E-state index is 1.02. The van der Waals surface area contributed by atoms with Gasteiger partial charge in [0.2, 0.25) is 0 Å². The summed E-state index contributed by atoms with van der Waals surface area (Å²) in [4.78, 5) is 0. The Kier molecular flexibility index (Phi) is 2.49. The summed E-state index contributed by atoms with van der Waals surface area (Å²) in [5.74, 6) is 5.33. The van der Waals surface area contributed by atoms with E-state index in [1.54, 1.807) is 0 Å². The molecule has 0 aliphatic carbocycles. The maximum absolute atomic E-state index is 5.33. The van der Waals surface area contributed by atoms with E-state index in [0.29, 0.717) is 0 Å². The zero-order valence-corrected chi connectivity index (χ0v) is 7.02. The zero-order chi connectivity index (χ0) is 8.27. The molecule has 0 heterocycles. The molecule has 0 bridgehead atoms. The van der Waals surface area contributed by atoms with Crippen LogP contribution in [-0.4, -0.2) is 0 Å². The van der Waals surface area contributed by atoms with E-state index in [1.807, 2.05) is 12.1 Å². The van der Waals surface area contributed by atoms with Crippen LogP contribution in [0.2, 0.25) is 0 Å². The van der Waals surface area contributed by atoms with E-state index in [-0.39, 0.29) is 0 Å². The van der Waals surface area contributed by atoms with E-state index in [1.165, 1.54) is 11.1 Å². The lowest BCUT2D eigenvalue weighted by atomic mass is 10.1. The average Bonchev–Trinajstić information content (AvgIpc) is 2.04. The predicted octanol–water partition coefficient (Wildman–Crippen LogP) is 1.84. The first-order valence-corrected chi connectivity index (χ1v) is 3.84.